The molecule has 1 fully saturated rings. The number of aromatic nitrogens is 1. The first-order valence-electron chi connectivity index (χ1n) is 13.9. The van der Waals surface area contributed by atoms with Gasteiger partial charge in [0.1, 0.15) is 11.5 Å². The number of pyridine rings is 1. The number of rotatable bonds is 10. The predicted molar refractivity (Wildman–Crippen MR) is 159 cm³/mol. The molecule has 0 radical (unpaired) electrons. The van der Waals surface area contributed by atoms with Crippen LogP contribution in [0.15, 0.2) is 66.9 Å². The molecule has 0 aliphatic carbocycles. The number of ether oxygens (including phenoxy) is 4. The van der Waals surface area contributed by atoms with E-state index < -0.39 is 17.6 Å². The second-order valence-electron chi connectivity index (χ2n) is 10.1. The van der Waals surface area contributed by atoms with E-state index >= 15 is 4.39 Å². The second-order valence-corrected chi connectivity index (χ2v) is 10.1. The third kappa shape index (κ3) is 7.49. The van der Waals surface area contributed by atoms with E-state index in [1.807, 2.05) is 0 Å². The molecule has 0 spiro atoms. The van der Waals surface area contributed by atoms with Gasteiger partial charge in [-0.05, 0) is 73.8 Å². The van der Waals surface area contributed by atoms with Crippen molar-refractivity contribution in [1.29, 1.82) is 0 Å². The summed E-state index contributed by atoms with van der Waals surface area (Å²) in [4.78, 5) is 29.1. The van der Waals surface area contributed by atoms with Crippen LogP contribution in [0.25, 0.3) is 10.9 Å². The van der Waals surface area contributed by atoms with Gasteiger partial charge in [0.05, 0.1) is 26.3 Å². The lowest BCUT2D eigenvalue weighted by Gasteiger charge is -2.23. The normalized spacial score (nSPS) is 13.3. The maximum Gasteiger partial charge on any atom is 0.313 e. The molecule has 3 N–H and O–H groups in total. The smallest absolute Gasteiger partial charge is 0.313 e. The van der Waals surface area contributed by atoms with Gasteiger partial charge in [-0.25, -0.2) is 4.39 Å². The highest BCUT2D eigenvalue weighted by Gasteiger charge is 2.18. The van der Waals surface area contributed by atoms with Crippen molar-refractivity contribution < 1.29 is 32.9 Å². The molecule has 0 unspecified atom stereocenters. The highest BCUT2D eigenvalue weighted by atomic mass is 19.1. The summed E-state index contributed by atoms with van der Waals surface area (Å²) in [7, 11) is 3.10. The highest BCUT2D eigenvalue weighted by Crippen LogP contribution is 2.38. The molecule has 5 rings (SSSR count). The molecule has 224 valence electrons. The van der Waals surface area contributed by atoms with Crippen LogP contribution in [0.3, 0.4) is 0 Å². The molecule has 43 heavy (non-hydrogen) atoms. The third-order valence-corrected chi connectivity index (χ3v) is 7.12. The highest BCUT2D eigenvalue weighted by molar-refractivity contribution is 6.39. The lowest BCUT2D eigenvalue weighted by molar-refractivity contribution is -0.136. The van der Waals surface area contributed by atoms with Gasteiger partial charge in [-0.15, -0.1) is 0 Å². The number of hydrogen-bond donors (Lipinski definition) is 3. The number of nitrogens with one attached hydrogen (secondary N) is 3. The fourth-order valence-electron chi connectivity index (χ4n) is 4.76. The minimum Gasteiger partial charge on any atom is -0.497 e. The van der Waals surface area contributed by atoms with E-state index in [4.69, 9.17) is 18.9 Å². The standard InChI is InChI=1S/C32H33FN4O6/c1-40-23-5-3-4-21(14-23)18-36-31(38)32(39)37-22-6-7-28(25(33)15-22)43-27-10-13-35-26-17-30(29(41-2)16-24(26)27)42-19-20-8-11-34-12-9-20/h3-7,10,13-17,20,34H,8-9,11-12,18-19H2,1-2H3,(H,36,38)(H,37,39). The quantitative estimate of drug-likeness (QED) is 0.226. The van der Waals surface area contributed by atoms with Crippen molar-refractivity contribution in [2.24, 2.45) is 5.92 Å². The Balaban J connectivity index is 1.24. The molecule has 1 aliphatic rings. The van der Waals surface area contributed by atoms with Crippen LogP contribution in [0, 0.1) is 11.7 Å². The molecule has 0 bridgehead atoms. The average molecular weight is 589 g/mol. The first-order valence-corrected chi connectivity index (χ1v) is 13.9. The van der Waals surface area contributed by atoms with Gasteiger partial charge in [0, 0.05) is 35.9 Å². The summed E-state index contributed by atoms with van der Waals surface area (Å²) in [5.74, 6) is -0.0314. The van der Waals surface area contributed by atoms with Gasteiger partial charge in [-0.1, -0.05) is 12.1 Å². The Morgan fingerprint density at radius 2 is 1.77 bits per heavy atom. The molecular weight excluding hydrogens is 555 g/mol. The molecule has 0 saturated carbocycles. The van der Waals surface area contributed by atoms with Crippen molar-refractivity contribution >= 4 is 28.4 Å². The van der Waals surface area contributed by atoms with E-state index in [0.29, 0.717) is 46.4 Å². The maximum atomic E-state index is 15.1. The molecule has 2 amide bonds. The van der Waals surface area contributed by atoms with E-state index in [2.05, 4.69) is 20.9 Å². The van der Waals surface area contributed by atoms with Crippen LogP contribution < -0.4 is 34.9 Å². The molecule has 4 aromatic rings. The molecule has 10 nitrogen and oxygen atoms in total. The van der Waals surface area contributed by atoms with E-state index in [1.54, 1.807) is 62.9 Å². The van der Waals surface area contributed by atoms with Crippen molar-refractivity contribution in [3.63, 3.8) is 0 Å². The fraction of sp³-hybridized carbons (Fsp3) is 0.281. The number of carbonyl (C=O) groups excluding carboxylic acids is 2. The third-order valence-electron chi connectivity index (χ3n) is 7.12. The first kappa shape index (κ1) is 29.6. The number of carbonyl (C=O) groups is 2. The molecule has 2 heterocycles. The summed E-state index contributed by atoms with van der Waals surface area (Å²) < 4.78 is 37.8. The Morgan fingerprint density at radius 3 is 2.53 bits per heavy atom. The van der Waals surface area contributed by atoms with Crippen LogP contribution >= 0.6 is 0 Å². The van der Waals surface area contributed by atoms with Gasteiger partial charge in [0.15, 0.2) is 23.1 Å². The van der Waals surface area contributed by atoms with E-state index in [9.17, 15) is 9.59 Å². The van der Waals surface area contributed by atoms with Gasteiger partial charge >= 0.3 is 11.8 Å². The SMILES string of the molecule is COc1cccc(CNC(=O)C(=O)Nc2ccc(Oc3ccnc4cc(OCC5CCNCC5)c(OC)cc34)c(F)c2)c1. The van der Waals surface area contributed by atoms with Gasteiger partial charge in [-0.3, -0.25) is 14.6 Å². The number of methoxy groups -OCH3 is 2. The van der Waals surface area contributed by atoms with Crippen LogP contribution in [0.1, 0.15) is 18.4 Å². The number of nitrogens with zero attached hydrogens (tertiary/aromatic N) is 1. The van der Waals surface area contributed by atoms with Crippen LogP contribution in [-0.2, 0) is 16.1 Å². The molecular formula is C32H33FN4O6. The number of anilines is 1. The zero-order chi connectivity index (χ0) is 30.2. The van der Waals surface area contributed by atoms with Gasteiger partial charge < -0.3 is 34.9 Å². The van der Waals surface area contributed by atoms with Gasteiger partial charge in [0.2, 0.25) is 0 Å². The lowest BCUT2D eigenvalue weighted by Crippen LogP contribution is -2.34. The predicted octanol–water partition coefficient (Wildman–Crippen LogP) is 4.82. The Hall–Kier alpha value is -4.90. The Morgan fingerprint density at radius 1 is 0.930 bits per heavy atom. The zero-order valence-corrected chi connectivity index (χ0v) is 23.9. The van der Waals surface area contributed by atoms with Crippen LogP contribution in [-0.4, -0.2) is 50.7 Å². The number of piperidine rings is 1. The fourth-order valence-corrected chi connectivity index (χ4v) is 4.76. The van der Waals surface area contributed by atoms with Crippen molar-refractivity contribution in [1.82, 2.24) is 15.6 Å². The second kappa shape index (κ2) is 13.8. The van der Waals surface area contributed by atoms with Crippen LogP contribution in [0.5, 0.6) is 28.7 Å². The Bertz CT molecular complexity index is 1610. The summed E-state index contributed by atoms with van der Waals surface area (Å²) >= 11 is 0. The minimum atomic E-state index is -0.929. The Labute approximate surface area is 248 Å². The Kier molecular flexibility index (Phi) is 9.52. The summed E-state index contributed by atoms with van der Waals surface area (Å²) in [6, 6.07) is 16.2. The number of benzene rings is 3. The number of halogens is 1. The number of amides is 2. The number of hydrogen-bond acceptors (Lipinski definition) is 8. The van der Waals surface area contributed by atoms with Gasteiger partial charge in [0.25, 0.3) is 0 Å². The molecule has 11 heteroatoms. The lowest BCUT2D eigenvalue weighted by atomic mass is 9.99. The molecule has 1 aliphatic heterocycles. The summed E-state index contributed by atoms with van der Waals surface area (Å²) in [6.07, 6.45) is 3.67. The van der Waals surface area contributed by atoms with E-state index in [0.717, 1.165) is 37.6 Å². The van der Waals surface area contributed by atoms with E-state index in [-0.39, 0.29) is 18.0 Å². The van der Waals surface area contributed by atoms with Gasteiger partial charge in [-0.2, -0.15) is 0 Å². The maximum absolute atomic E-state index is 15.1. The van der Waals surface area contributed by atoms with Crippen molar-refractivity contribution in [3.8, 4) is 28.7 Å². The van der Waals surface area contributed by atoms with Crippen molar-refractivity contribution in [2.75, 3.05) is 39.2 Å². The average Bonchev–Trinajstić information content (AvgIpc) is 3.04. The largest absolute Gasteiger partial charge is 0.497 e. The summed E-state index contributed by atoms with van der Waals surface area (Å²) in [5, 5.41) is 8.89. The summed E-state index contributed by atoms with van der Waals surface area (Å²) in [5.41, 5.74) is 1.46. The molecule has 1 aromatic heterocycles. The minimum absolute atomic E-state index is 0.0711. The first-order chi connectivity index (χ1) is 20.9. The monoisotopic (exact) mass is 588 g/mol. The van der Waals surface area contributed by atoms with Crippen molar-refractivity contribution in [2.45, 2.75) is 19.4 Å². The topological polar surface area (TPSA) is 120 Å². The van der Waals surface area contributed by atoms with Crippen molar-refractivity contribution in [3.05, 3.63) is 78.2 Å². The zero-order valence-electron chi connectivity index (χ0n) is 23.9. The van der Waals surface area contributed by atoms with Crippen LogP contribution in [0.4, 0.5) is 10.1 Å². The summed E-state index contributed by atoms with van der Waals surface area (Å²) in [6.45, 7) is 2.67. The van der Waals surface area contributed by atoms with Crippen LogP contribution in [0.2, 0.25) is 0 Å². The molecule has 3 aromatic carbocycles. The molecule has 0 atom stereocenters. The van der Waals surface area contributed by atoms with E-state index in [1.165, 1.54) is 12.1 Å². The number of fused-ring (bicyclic) bond motifs is 1. The molecule has 1 saturated heterocycles.